The standard InChI is InChI=1S/C48H28/c1-3-11-29(12-4-1)44-38-17-7-8-18-39(38)45(30-13-5-2-6-14-30)48-41-26-25-36(37-19-10-20-40(46(37)41)47(44)48)35-27-33-23-21-31-15-9-16-32-22-24-34(28-35)43(33)42(31)32/h1-28H. The summed E-state index contributed by atoms with van der Waals surface area (Å²) in [6.45, 7) is 0. The van der Waals surface area contributed by atoms with Crippen molar-refractivity contribution in [3.8, 4) is 55.6 Å². The first kappa shape index (κ1) is 25.9. The third-order valence-corrected chi connectivity index (χ3v) is 10.7. The normalized spacial score (nSPS) is 12.2. The van der Waals surface area contributed by atoms with Crippen molar-refractivity contribution in [3.63, 3.8) is 0 Å². The molecule has 0 spiro atoms. The molecule has 0 heterocycles. The van der Waals surface area contributed by atoms with Crippen LogP contribution in [0.2, 0.25) is 0 Å². The minimum Gasteiger partial charge on any atom is -0.0622 e. The molecule has 0 atom stereocenters. The van der Waals surface area contributed by atoms with Gasteiger partial charge in [-0.2, -0.15) is 0 Å². The van der Waals surface area contributed by atoms with Gasteiger partial charge in [0.1, 0.15) is 0 Å². The number of hydrogen-bond acceptors (Lipinski definition) is 0. The fraction of sp³-hybridized carbons (Fsp3) is 0. The summed E-state index contributed by atoms with van der Waals surface area (Å²) in [4.78, 5) is 0. The summed E-state index contributed by atoms with van der Waals surface area (Å²) in [5.74, 6) is 0. The van der Waals surface area contributed by atoms with Gasteiger partial charge >= 0.3 is 0 Å². The smallest absolute Gasteiger partial charge is 0.000741 e. The van der Waals surface area contributed by atoms with E-state index in [1.807, 2.05) is 0 Å². The third-order valence-electron chi connectivity index (χ3n) is 10.7. The van der Waals surface area contributed by atoms with Crippen LogP contribution in [0.15, 0.2) is 170 Å². The number of fused-ring (bicyclic) bond motifs is 4. The Bertz CT molecular complexity index is 2760. The number of hydrogen-bond donors (Lipinski definition) is 0. The van der Waals surface area contributed by atoms with E-state index >= 15 is 0 Å². The fourth-order valence-corrected chi connectivity index (χ4v) is 8.77. The first-order valence-corrected chi connectivity index (χ1v) is 16.8. The molecule has 0 saturated carbocycles. The van der Waals surface area contributed by atoms with Crippen molar-refractivity contribution >= 4 is 53.9 Å². The highest BCUT2D eigenvalue weighted by molar-refractivity contribution is 6.29. The average molecular weight is 605 g/mol. The third kappa shape index (κ3) is 3.44. The van der Waals surface area contributed by atoms with E-state index in [9.17, 15) is 0 Å². The molecule has 0 unspecified atom stereocenters. The van der Waals surface area contributed by atoms with E-state index < -0.39 is 0 Å². The molecule has 10 aromatic rings. The largest absolute Gasteiger partial charge is 0.0622 e. The molecule has 0 aromatic heterocycles. The maximum absolute atomic E-state index is 2.40. The molecule has 0 amide bonds. The lowest BCUT2D eigenvalue weighted by Gasteiger charge is -2.20. The SMILES string of the molecule is c1ccc(-c2c3c(c(-c4ccccc4)c4ccccc24)-c2ccc(-c4cc5ccc6cccc7ccc(c4)c5c67)c4cccc-3c24)cc1. The van der Waals surface area contributed by atoms with Crippen LogP contribution in [0.25, 0.3) is 109 Å². The summed E-state index contributed by atoms with van der Waals surface area (Å²) in [6, 6.07) is 63.2. The Kier molecular flexibility index (Phi) is 5.20. The van der Waals surface area contributed by atoms with Crippen LogP contribution in [0.4, 0.5) is 0 Å². The summed E-state index contributed by atoms with van der Waals surface area (Å²) < 4.78 is 0. The lowest BCUT2D eigenvalue weighted by atomic mass is 9.82. The Balaban J connectivity index is 1.25. The lowest BCUT2D eigenvalue weighted by molar-refractivity contribution is 1.62. The van der Waals surface area contributed by atoms with Gasteiger partial charge in [-0.25, -0.2) is 0 Å². The summed E-state index contributed by atoms with van der Waals surface area (Å²) in [7, 11) is 0. The molecule has 1 aliphatic carbocycles. The molecule has 0 aliphatic heterocycles. The van der Waals surface area contributed by atoms with Crippen LogP contribution < -0.4 is 0 Å². The second-order valence-corrected chi connectivity index (χ2v) is 13.2. The summed E-state index contributed by atoms with van der Waals surface area (Å²) in [6.07, 6.45) is 0. The Morgan fingerprint density at radius 2 is 0.688 bits per heavy atom. The van der Waals surface area contributed by atoms with Crippen molar-refractivity contribution in [1.29, 1.82) is 0 Å². The van der Waals surface area contributed by atoms with Crippen LogP contribution in [-0.4, -0.2) is 0 Å². The van der Waals surface area contributed by atoms with E-state index in [1.165, 1.54) is 109 Å². The molecule has 1 aliphatic rings. The predicted octanol–water partition coefficient (Wildman–Crippen LogP) is 13.5. The molecule has 10 aromatic carbocycles. The van der Waals surface area contributed by atoms with Gasteiger partial charge in [0.15, 0.2) is 0 Å². The van der Waals surface area contributed by atoms with Crippen LogP contribution in [0, 0.1) is 0 Å². The van der Waals surface area contributed by atoms with Crippen molar-refractivity contribution in [2.75, 3.05) is 0 Å². The molecular formula is C48H28. The highest BCUT2D eigenvalue weighted by Gasteiger charge is 2.31. The molecule has 48 heavy (non-hydrogen) atoms. The number of rotatable bonds is 3. The van der Waals surface area contributed by atoms with Crippen molar-refractivity contribution in [3.05, 3.63) is 170 Å². The van der Waals surface area contributed by atoms with Gasteiger partial charge in [-0.3, -0.25) is 0 Å². The molecule has 0 N–H and O–H groups in total. The van der Waals surface area contributed by atoms with Gasteiger partial charge in [0.05, 0.1) is 0 Å². The molecule has 11 rings (SSSR count). The Labute approximate surface area is 278 Å². The second-order valence-electron chi connectivity index (χ2n) is 13.2. The fourth-order valence-electron chi connectivity index (χ4n) is 8.77. The molecule has 0 fully saturated rings. The predicted molar refractivity (Wildman–Crippen MR) is 206 cm³/mol. The Morgan fingerprint density at radius 3 is 1.29 bits per heavy atom. The van der Waals surface area contributed by atoms with E-state index in [2.05, 4.69) is 170 Å². The van der Waals surface area contributed by atoms with Crippen LogP contribution in [-0.2, 0) is 0 Å². The van der Waals surface area contributed by atoms with Crippen LogP contribution >= 0.6 is 0 Å². The van der Waals surface area contributed by atoms with Gasteiger partial charge < -0.3 is 0 Å². The van der Waals surface area contributed by atoms with Gasteiger partial charge in [0, 0.05) is 0 Å². The minimum absolute atomic E-state index is 1.25. The molecule has 0 nitrogen and oxygen atoms in total. The van der Waals surface area contributed by atoms with Gasteiger partial charge in [0.25, 0.3) is 0 Å². The average Bonchev–Trinajstić information content (AvgIpc) is 3.48. The Morgan fingerprint density at radius 1 is 0.229 bits per heavy atom. The zero-order chi connectivity index (χ0) is 31.3. The molecule has 0 radical (unpaired) electrons. The summed E-state index contributed by atoms with van der Waals surface area (Å²) >= 11 is 0. The van der Waals surface area contributed by atoms with Crippen molar-refractivity contribution in [2.45, 2.75) is 0 Å². The first-order valence-electron chi connectivity index (χ1n) is 16.8. The van der Waals surface area contributed by atoms with E-state index in [-0.39, 0.29) is 0 Å². The first-order chi connectivity index (χ1) is 23.8. The van der Waals surface area contributed by atoms with E-state index in [0.29, 0.717) is 0 Å². The second kappa shape index (κ2) is 9.64. The zero-order valence-electron chi connectivity index (χ0n) is 26.2. The van der Waals surface area contributed by atoms with Gasteiger partial charge in [-0.15, -0.1) is 0 Å². The lowest BCUT2D eigenvalue weighted by Crippen LogP contribution is -1.93. The van der Waals surface area contributed by atoms with Gasteiger partial charge in [-0.1, -0.05) is 158 Å². The van der Waals surface area contributed by atoms with Gasteiger partial charge in [0.2, 0.25) is 0 Å². The van der Waals surface area contributed by atoms with E-state index in [0.717, 1.165) is 0 Å². The maximum Gasteiger partial charge on any atom is -0.000741 e. The summed E-state index contributed by atoms with van der Waals surface area (Å²) in [5.41, 5.74) is 13.0. The topological polar surface area (TPSA) is 0 Å². The Hall–Kier alpha value is -6.24. The van der Waals surface area contributed by atoms with Crippen LogP contribution in [0.5, 0.6) is 0 Å². The zero-order valence-corrected chi connectivity index (χ0v) is 26.2. The molecular weight excluding hydrogens is 577 g/mol. The van der Waals surface area contributed by atoms with Crippen molar-refractivity contribution < 1.29 is 0 Å². The van der Waals surface area contributed by atoms with Crippen LogP contribution in [0.3, 0.4) is 0 Å². The van der Waals surface area contributed by atoms with Crippen molar-refractivity contribution in [1.82, 2.24) is 0 Å². The van der Waals surface area contributed by atoms with E-state index in [1.54, 1.807) is 0 Å². The van der Waals surface area contributed by atoms with E-state index in [4.69, 9.17) is 0 Å². The monoisotopic (exact) mass is 604 g/mol. The quantitative estimate of drug-likeness (QED) is 0.176. The molecule has 0 bridgehead atoms. The van der Waals surface area contributed by atoms with Crippen LogP contribution in [0.1, 0.15) is 0 Å². The van der Waals surface area contributed by atoms with Crippen molar-refractivity contribution in [2.24, 2.45) is 0 Å². The van der Waals surface area contributed by atoms with Gasteiger partial charge in [-0.05, 0) is 122 Å². The molecule has 220 valence electrons. The molecule has 0 heteroatoms. The maximum atomic E-state index is 2.40. The minimum atomic E-state index is 1.25. The molecule has 0 saturated heterocycles. The highest BCUT2D eigenvalue weighted by atomic mass is 14.3. The summed E-state index contributed by atoms with van der Waals surface area (Å²) in [5, 5.41) is 13.1. The number of benzene rings is 10. The highest BCUT2D eigenvalue weighted by Crippen LogP contribution is 2.58.